The van der Waals surface area contributed by atoms with E-state index in [4.69, 9.17) is 0 Å². The van der Waals surface area contributed by atoms with Gasteiger partial charge in [0, 0.05) is 13.1 Å². The van der Waals surface area contributed by atoms with Crippen LogP contribution in [0.15, 0.2) is 35.3 Å². The lowest BCUT2D eigenvalue weighted by atomic mass is 9.96. The van der Waals surface area contributed by atoms with Gasteiger partial charge in [0.2, 0.25) is 0 Å². The average molecular weight is 375 g/mol. The van der Waals surface area contributed by atoms with Crippen LogP contribution in [0, 0.1) is 5.92 Å². The Morgan fingerprint density at radius 2 is 1.89 bits per heavy atom. The highest BCUT2D eigenvalue weighted by atomic mass is 16.3. The molecule has 1 saturated heterocycles. The van der Waals surface area contributed by atoms with E-state index < -0.39 is 5.60 Å². The Balaban J connectivity index is 1.72. The minimum atomic E-state index is -0.963. The van der Waals surface area contributed by atoms with Crippen LogP contribution in [-0.4, -0.2) is 55.2 Å². The largest absolute Gasteiger partial charge is 0.384 e. The summed E-state index contributed by atoms with van der Waals surface area (Å²) in [7, 11) is 0. The third-order valence-corrected chi connectivity index (χ3v) is 5.35. The first-order valence-electron chi connectivity index (χ1n) is 10.5. The van der Waals surface area contributed by atoms with E-state index in [2.05, 4.69) is 34.4 Å². The fraction of sp³-hybridized carbons (Fsp3) is 0.682. The summed E-state index contributed by atoms with van der Waals surface area (Å²) in [6.45, 7) is 12.0. The second kappa shape index (κ2) is 11.3. The smallest absolute Gasteiger partial charge is 0.191 e. The van der Waals surface area contributed by atoms with Crippen molar-refractivity contribution in [2.24, 2.45) is 10.9 Å². The molecule has 0 aromatic heterocycles. The van der Waals surface area contributed by atoms with E-state index >= 15 is 0 Å². The fourth-order valence-corrected chi connectivity index (χ4v) is 3.42. The van der Waals surface area contributed by atoms with Crippen molar-refractivity contribution in [1.29, 1.82) is 0 Å². The van der Waals surface area contributed by atoms with Crippen LogP contribution >= 0.6 is 0 Å². The molecule has 1 aliphatic rings. The molecule has 1 unspecified atom stereocenters. The molecule has 0 spiro atoms. The number of aliphatic hydroxyl groups is 1. The molecule has 1 fully saturated rings. The topological polar surface area (TPSA) is 59.9 Å². The highest BCUT2D eigenvalue weighted by Gasteiger charge is 2.22. The number of nitrogens with one attached hydrogen (secondary N) is 2. The fourth-order valence-electron chi connectivity index (χ4n) is 3.42. The van der Waals surface area contributed by atoms with Gasteiger partial charge in [-0.1, -0.05) is 37.3 Å². The van der Waals surface area contributed by atoms with E-state index in [1.807, 2.05) is 37.3 Å². The van der Waals surface area contributed by atoms with Crippen LogP contribution in [0.1, 0.15) is 52.0 Å². The van der Waals surface area contributed by atoms with Gasteiger partial charge in [-0.2, -0.15) is 0 Å². The van der Waals surface area contributed by atoms with E-state index in [1.54, 1.807) is 0 Å². The van der Waals surface area contributed by atoms with Gasteiger partial charge in [-0.25, -0.2) is 4.99 Å². The number of unbranched alkanes of at least 4 members (excludes halogenated alkanes) is 1. The molecule has 0 aliphatic carbocycles. The summed E-state index contributed by atoms with van der Waals surface area (Å²) in [5.41, 5.74) is -0.0740. The molecule has 0 amide bonds. The first-order chi connectivity index (χ1) is 13.0. The Morgan fingerprint density at radius 1 is 1.19 bits per heavy atom. The second-order valence-corrected chi connectivity index (χ2v) is 7.99. The molecule has 0 radical (unpaired) electrons. The molecule has 1 heterocycles. The zero-order valence-corrected chi connectivity index (χ0v) is 17.4. The molecule has 1 atom stereocenters. The van der Waals surface area contributed by atoms with Crippen molar-refractivity contribution in [3.8, 4) is 0 Å². The van der Waals surface area contributed by atoms with Crippen LogP contribution in [-0.2, 0) is 5.60 Å². The highest BCUT2D eigenvalue weighted by molar-refractivity contribution is 5.79. The number of rotatable bonds is 9. The summed E-state index contributed by atoms with van der Waals surface area (Å²) >= 11 is 0. The molecular weight excluding hydrogens is 336 g/mol. The molecular formula is C22H38N4O. The van der Waals surface area contributed by atoms with Crippen LogP contribution in [0.2, 0.25) is 0 Å². The summed E-state index contributed by atoms with van der Waals surface area (Å²) in [5.74, 6) is 1.68. The number of likely N-dealkylation sites (tertiary alicyclic amines) is 1. The van der Waals surface area contributed by atoms with Gasteiger partial charge in [0.1, 0.15) is 5.60 Å². The number of benzene rings is 1. The first kappa shape index (κ1) is 21.7. The van der Waals surface area contributed by atoms with Crippen LogP contribution in [0.3, 0.4) is 0 Å². The van der Waals surface area contributed by atoms with Gasteiger partial charge in [0.05, 0.1) is 6.54 Å². The van der Waals surface area contributed by atoms with Crippen LogP contribution in [0.5, 0.6) is 0 Å². The maximum absolute atomic E-state index is 10.7. The van der Waals surface area contributed by atoms with Crippen LogP contribution in [0.25, 0.3) is 0 Å². The molecule has 1 aromatic rings. The zero-order chi connectivity index (χ0) is 19.5. The third kappa shape index (κ3) is 7.89. The van der Waals surface area contributed by atoms with Crippen molar-refractivity contribution in [3.63, 3.8) is 0 Å². The standard InChI is InChI=1S/C22H38N4O/c1-4-23-21(25-18-22(3,27)20-10-6-5-7-11-20)24-14-8-9-15-26-16-12-19(2)13-17-26/h5-7,10-11,19,27H,4,8-9,12-18H2,1-3H3,(H2,23,24,25). The summed E-state index contributed by atoms with van der Waals surface area (Å²) in [6.07, 6.45) is 5.03. The number of aliphatic imine (C=N–C) groups is 1. The van der Waals surface area contributed by atoms with Gasteiger partial charge >= 0.3 is 0 Å². The normalized spacial score (nSPS) is 18.9. The predicted molar refractivity (Wildman–Crippen MR) is 114 cm³/mol. The van der Waals surface area contributed by atoms with Crippen molar-refractivity contribution < 1.29 is 5.11 Å². The minimum absolute atomic E-state index is 0.332. The molecule has 1 aliphatic heterocycles. The molecule has 0 saturated carbocycles. The maximum Gasteiger partial charge on any atom is 0.191 e. The monoisotopic (exact) mass is 374 g/mol. The first-order valence-corrected chi connectivity index (χ1v) is 10.5. The van der Waals surface area contributed by atoms with Crippen LogP contribution in [0.4, 0.5) is 0 Å². The quantitative estimate of drug-likeness (QED) is 0.353. The predicted octanol–water partition coefficient (Wildman–Crippen LogP) is 2.96. The maximum atomic E-state index is 10.7. The summed E-state index contributed by atoms with van der Waals surface area (Å²) in [5, 5.41) is 17.4. The molecule has 152 valence electrons. The Bertz CT molecular complexity index is 551. The molecule has 3 N–H and O–H groups in total. The second-order valence-electron chi connectivity index (χ2n) is 7.99. The molecule has 5 nitrogen and oxygen atoms in total. The summed E-state index contributed by atoms with van der Waals surface area (Å²) in [4.78, 5) is 7.18. The highest BCUT2D eigenvalue weighted by Crippen LogP contribution is 2.20. The molecule has 5 heteroatoms. The van der Waals surface area contributed by atoms with E-state index in [1.165, 1.54) is 38.9 Å². The lowest BCUT2D eigenvalue weighted by Crippen LogP contribution is -2.39. The van der Waals surface area contributed by atoms with E-state index in [0.717, 1.165) is 37.0 Å². The SMILES string of the molecule is CCNC(=NCC(C)(O)c1ccccc1)NCCCCN1CCC(C)CC1. The molecule has 0 bridgehead atoms. The average Bonchev–Trinajstić information content (AvgIpc) is 2.68. The number of guanidine groups is 1. The lowest BCUT2D eigenvalue weighted by molar-refractivity contribution is 0.0672. The number of nitrogens with zero attached hydrogens (tertiary/aromatic N) is 2. The Hall–Kier alpha value is -1.59. The summed E-state index contributed by atoms with van der Waals surface area (Å²) < 4.78 is 0. The minimum Gasteiger partial charge on any atom is -0.384 e. The van der Waals surface area contributed by atoms with E-state index in [-0.39, 0.29) is 0 Å². The zero-order valence-electron chi connectivity index (χ0n) is 17.4. The van der Waals surface area contributed by atoms with Crippen molar-refractivity contribution >= 4 is 5.96 Å². The number of piperidine rings is 1. The van der Waals surface area contributed by atoms with Gasteiger partial charge in [0.15, 0.2) is 5.96 Å². The van der Waals surface area contributed by atoms with E-state index in [0.29, 0.717) is 6.54 Å². The van der Waals surface area contributed by atoms with E-state index in [9.17, 15) is 5.11 Å². The lowest BCUT2D eigenvalue weighted by Gasteiger charge is -2.30. The van der Waals surface area contributed by atoms with Crippen molar-refractivity contribution in [2.45, 2.75) is 52.1 Å². The van der Waals surface area contributed by atoms with Crippen molar-refractivity contribution in [1.82, 2.24) is 15.5 Å². The molecule has 1 aromatic carbocycles. The van der Waals surface area contributed by atoms with Gasteiger partial charge in [-0.05, 0) is 70.6 Å². The number of hydrogen-bond acceptors (Lipinski definition) is 3. The Labute approximate surface area is 165 Å². The van der Waals surface area contributed by atoms with Crippen molar-refractivity contribution in [3.05, 3.63) is 35.9 Å². The Morgan fingerprint density at radius 3 is 2.56 bits per heavy atom. The van der Waals surface area contributed by atoms with Crippen molar-refractivity contribution in [2.75, 3.05) is 39.3 Å². The third-order valence-electron chi connectivity index (χ3n) is 5.35. The van der Waals surface area contributed by atoms with Crippen LogP contribution < -0.4 is 10.6 Å². The number of hydrogen-bond donors (Lipinski definition) is 3. The van der Waals surface area contributed by atoms with Gasteiger partial charge in [0.25, 0.3) is 0 Å². The molecule has 2 rings (SSSR count). The van der Waals surface area contributed by atoms with Gasteiger partial charge in [-0.15, -0.1) is 0 Å². The molecule has 27 heavy (non-hydrogen) atoms. The van der Waals surface area contributed by atoms with Gasteiger partial charge in [-0.3, -0.25) is 0 Å². The van der Waals surface area contributed by atoms with Gasteiger partial charge < -0.3 is 20.6 Å². The Kier molecular flexibility index (Phi) is 9.08. The summed E-state index contributed by atoms with van der Waals surface area (Å²) in [6, 6.07) is 9.73.